The number of rotatable bonds is 3. The molecule has 0 aromatic carbocycles. The van der Waals surface area contributed by atoms with Gasteiger partial charge >= 0.3 is 0 Å². The fraction of sp³-hybridized carbons (Fsp3) is 1.00. The molecule has 3 atom stereocenters. The molecular weight excluding hydrogens is 331 g/mol. The SMILES string of the molecule is CC(N)CN.CC(N)CN.CC(N)CN.[La]. The van der Waals surface area contributed by atoms with Gasteiger partial charge in [-0.2, -0.15) is 0 Å². The van der Waals surface area contributed by atoms with Crippen molar-refractivity contribution in [1.82, 2.24) is 0 Å². The van der Waals surface area contributed by atoms with Crippen LogP contribution < -0.4 is 34.4 Å². The summed E-state index contributed by atoms with van der Waals surface area (Å²) >= 11 is 0. The van der Waals surface area contributed by atoms with Gasteiger partial charge in [0.15, 0.2) is 0 Å². The average Bonchev–Trinajstić information content (AvgIpc) is 2.19. The van der Waals surface area contributed by atoms with Crippen LogP contribution in [0.4, 0.5) is 0 Å². The maximum atomic E-state index is 5.17. The predicted molar refractivity (Wildman–Crippen MR) is 68.1 cm³/mol. The van der Waals surface area contributed by atoms with Gasteiger partial charge in [-0.15, -0.1) is 0 Å². The molecule has 0 saturated carbocycles. The topological polar surface area (TPSA) is 156 Å². The molecule has 0 aromatic rings. The molecule has 0 amide bonds. The molecule has 0 fully saturated rings. The quantitative estimate of drug-likeness (QED) is 0.337. The van der Waals surface area contributed by atoms with Gasteiger partial charge in [-0.25, -0.2) is 0 Å². The molecule has 6 nitrogen and oxygen atoms in total. The Morgan fingerprint density at radius 3 is 0.688 bits per heavy atom. The Balaban J connectivity index is -0.0000000655. The summed E-state index contributed by atoms with van der Waals surface area (Å²) in [5.41, 5.74) is 30.6. The van der Waals surface area contributed by atoms with E-state index in [9.17, 15) is 0 Å². The van der Waals surface area contributed by atoms with Gasteiger partial charge in [0.1, 0.15) is 0 Å². The van der Waals surface area contributed by atoms with E-state index in [4.69, 9.17) is 34.4 Å². The Hall–Kier alpha value is 0.955. The molecule has 0 rings (SSSR count). The summed E-state index contributed by atoms with van der Waals surface area (Å²) in [6.45, 7) is 7.38. The zero-order chi connectivity index (χ0) is 12.9. The van der Waals surface area contributed by atoms with Crippen LogP contribution in [-0.2, 0) is 0 Å². The molecule has 12 N–H and O–H groups in total. The molecule has 3 unspecified atom stereocenters. The summed E-state index contributed by atoms with van der Waals surface area (Å²) in [5.74, 6) is 0. The smallest absolute Gasteiger partial charge is 0.0134 e. The van der Waals surface area contributed by atoms with E-state index in [0.717, 1.165) is 0 Å². The predicted octanol–water partition coefficient (Wildman–Crippen LogP) is -2.12. The second kappa shape index (κ2) is 21.3. The molecule has 16 heavy (non-hydrogen) atoms. The largest absolute Gasteiger partial charge is 0.329 e. The van der Waals surface area contributed by atoms with Gasteiger partial charge in [-0.05, 0) is 20.8 Å². The maximum absolute atomic E-state index is 5.17. The van der Waals surface area contributed by atoms with Crippen molar-refractivity contribution in [3.05, 3.63) is 0 Å². The van der Waals surface area contributed by atoms with E-state index < -0.39 is 0 Å². The monoisotopic (exact) mass is 361 g/mol. The van der Waals surface area contributed by atoms with Crippen LogP contribution in [0.1, 0.15) is 20.8 Å². The van der Waals surface area contributed by atoms with Crippen LogP contribution in [0.25, 0.3) is 0 Å². The first-order valence-corrected chi connectivity index (χ1v) is 5.18. The minimum Gasteiger partial charge on any atom is -0.329 e. The van der Waals surface area contributed by atoms with Gasteiger partial charge in [0.2, 0.25) is 0 Å². The fourth-order valence-corrected chi connectivity index (χ4v) is 0. The van der Waals surface area contributed by atoms with Crippen molar-refractivity contribution in [2.75, 3.05) is 19.6 Å². The van der Waals surface area contributed by atoms with Crippen molar-refractivity contribution in [2.45, 2.75) is 38.9 Å². The van der Waals surface area contributed by atoms with Gasteiger partial charge in [-0.1, -0.05) is 0 Å². The van der Waals surface area contributed by atoms with Crippen molar-refractivity contribution in [1.29, 1.82) is 0 Å². The number of nitrogens with two attached hydrogens (primary N) is 6. The molecule has 99 valence electrons. The summed E-state index contributed by atoms with van der Waals surface area (Å²) in [4.78, 5) is 0. The average molecular weight is 361 g/mol. The summed E-state index contributed by atoms with van der Waals surface area (Å²) in [6.07, 6.45) is 0. The molecule has 0 aromatic heterocycles. The van der Waals surface area contributed by atoms with Crippen molar-refractivity contribution < 1.29 is 35.6 Å². The van der Waals surface area contributed by atoms with Crippen LogP contribution >= 0.6 is 0 Å². The maximum Gasteiger partial charge on any atom is 0.0134 e. The Morgan fingerprint density at radius 1 is 0.625 bits per heavy atom. The molecule has 7 heteroatoms. The van der Waals surface area contributed by atoms with Crippen LogP contribution in [0, 0.1) is 35.6 Å². The first-order chi connectivity index (χ1) is 6.81. The number of hydrogen-bond donors (Lipinski definition) is 6. The van der Waals surface area contributed by atoms with Crippen LogP contribution in [0.5, 0.6) is 0 Å². The first kappa shape index (κ1) is 25.7. The Morgan fingerprint density at radius 2 is 0.688 bits per heavy atom. The van der Waals surface area contributed by atoms with E-state index >= 15 is 0 Å². The van der Waals surface area contributed by atoms with Crippen molar-refractivity contribution in [2.24, 2.45) is 34.4 Å². The minimum absolute atomic E-state index is 0. The summed E-state index contributed by atoms with van der Waals surface area (Å²) in [5, 5.41) is 0. The summed E-state index contributed by atoms with van der Waals surface area (Å²) < 4.78 is 0. The normalized spacial score (nSPS) is 14.1. The second-order valence-electron chi connectivity index (χ2n) is 3.64. The van der Waals surface area contributed by atoms with Crippen molar-refractivity contribution in [3.8, 4) is 0 Å². The van der Waals surface area contributed by atoms with E-state index in [-0.39, 0.29) is 53.7 Å². The van der Waals surface area contributed by atoms with E-state index in [1.165, 1.54) is 0 Å². The van der Waals surface area contributed by atoms with Crippen LogP contribution in [0.3, 0.4) is 0 Å². The minimum atomic E-state index is 0. The molecule has 0 saturated heterocycles. The molecular formula is C9H30LaN6. The van der Waals surface area contributed by atoms with Gasteiger partial charge in [0.05, 0.1) is 0 Å². The third kappa shape index (κ3) is 60.2. The third-order valence-electron chi connectivity index (χ3n) is 1.12. The zero-order valence-electron chi connectivity index (χ0n) is 10.9. The van der Waals surface area contributed by atoms with Gasteiger partial charge in [0.25, 0.3) is 0 Å². The van der Waals surface area contributed by atoms with Crippen LogP contribution in [0.2, 0.25) is 0 Å². The molecule has 0 aliphatic heterocycles. The molecule has 0 heterocycles. The molecule has 0 aliphatic rings. The third-order valence-corrected chi connectivity index (χ3v) is 1.12. The molecule has 1 radical (unpaired) electrons. The van der Waals surface area contributed by atoms with E-state index in [1.807, 2.05) is 20.8 Å². The van der Waals surface area contributed by atoms with Crippen LogP contribution in [-0.4, -0.2) is 37.8 Å². The Bertz CT molecular complexity index is 81.0. The van der Waals surface area contributed by atoms with Crippen molar-refractivity contribution in [3.63, 3.8) is 0 Å². The van der Waals surface area contributed by atoms with Gasteiger partial charge in [-0.3, -0.25) is 0 Å². The summed E-state index contributed by atoms with van der Waals surface area (Å²) in [6, 6.07) is 0.486. The van der Waals surface area contributed by atoms with Gasteiger partial charge < -0.3 is 34.4 Å². The fourth-order valence-electron chi connectivity index (χ4n) is 0. The second-order valence-corrected chi connectivity index (χ2v) is 3.64. The Kier molecular flexibility index (Phi) is 34.2. The molecule has 0 aliphatic carbocycles. The number of hydrogen-bond acceptors (Lipinski definition) is 6. The van der Waals surface area contributed by atoms with E-state index in [2.05, 4.69) is 0 Å². The Labute approximate surface area is 128 Å². The van der Waals surface area contributed by atoms with Gasteiger partial charge in [0, 0.05) is 73.4 Å². The van der Waals surface area contributed by atoms with E-state index in [1.54, 1.807) is 0 Å². The standard InChI is InChI=1S/3C3H10N2.La/c3*1-3(5)2-4;/h3*3H,2,4-5H2,1H3;. The van der Waals surface area contributed by atoms with E-state index in [0.29, 0.717) is 19.6 Å². The first-order valence-electron chi connectivity index (χ1n) is 5.18. The summed E-state index contributed by atoms with van der Waals surface area (Å²) in [7, 11) is 0. The zero-order valence-corrected chi connectivity index (χ0v) is 14.5. The molecule has 0 bridgehead atoms. The molecule has 0 spiro atoms. The van der Waals surface area contributed by atoms with Crippen LogP contribution in [0.15, 0.2) is 0 Å². The van der Waals surface area contributed by atoms with Crippen molar-refractivity contribution >= 4 is 0 Å².